The Labute approximate surface area is 220 Å². The lowest BCUT2D eigenvalue weighted by atomic mass is 10.1. The Kier molecular flexibility index (Phi) is 11.3. The van der Waals surface area contributed by atoms with Crippen molar-refractivity contribution in [1.29, 1.82) is 0 Å². The molecule has 3 N–H and O–H groups in total. The summed E-state index contributed by atoms with van der Waals surface area (Å²) >= 11 is 0. The molecule has 1 aliphatic rings. The topological polar surface area (TPSA) is 104 Å². The van der Waals surface area contributed by atoms with Gasteiger partial charge in [-0.1, -0.05) is 12.1 Å². The van der Waals surface area contributed by atoms with E-state index in [-0.39, 0.29) is 19.5 Å². The third-order valence-corrected chi connectivity index (χ3v) is 6.60. The van der Waals surface area contributed by atoms with Gasteiger partial charge in [0.25, 0.3) is 5.91 Å². The van der Waals surface area contributed by atoms with Crippen LogP contribution >= 0.6 is 0 Å². The van der Waals surface area contributed by atoms with Crippen molar-refractivity contribution in [3.63, 3.8) is 0 Å². The van der Waals surface area contributed by atoms with E-state index in [4.69, 9.17) is 9.72 Å². The molecule has 2 aromatic rings. The Morgan fingerprint density at radius 1 is 1.18 bits per heavy atom. The Balaban J connectivity index is 1.56. The Bertz CT molecular complexity index is 1060. The van der Waals surface area contributed by atoms with Gasteiger partial charge in [0.1, 0.15) is 35.7 Å². The largest absolute Gasteiger partial charge is 0.480 e. The minimum Gasteiger partial charge on any atom is -0.480 e. The van der Waals surface area contributed by atoms with Gasteiger partial charge in [-0.25, -0.2) is 22.9 Å². The van der Waals surface area contributed by atoms with Gasteiger partial charge in [0.15, 0.2) is 0 Å². The van der Waals surface area contributed by atoms with Crippen molar-refractivity contribution in [2.75, 3.05) is 45.3 Å². The first-order chi connectivity index (χ1) is 18.3. The molecule has 0 aliphatic carbocycles. The molecular weight excluding hydrogens is 501 g/mol. The minimum absolute atomic E-state index is 0.0437. The molecule has 0 saturated heterocycles. The van der Waals surface area contributed by atoms with E-state index < -0.39 is 47.9 Å². The molecule has 0 radical (unpaired) electrons. The smallest absolute Gasteiger partial charge is 0.326 e. The summed E-state index contributed by atoms with van der Waals surface area (Å²) in [5, 5.41) is 15.1. The number of amides is 1. The van der Waals surface area contributed by atoms with Crippen LogP contribution in [0.4, 0.5) is 19.0 Å². The van der Waals surface area contributed by atoms with Gasteiger partial charge in [0.05, 0.1) is 6.10 Å². The first-order valence-electron chi connectivity index (χ1n) is 12.8. The number of pyridine rings is 1. The van der Waals surface area contributed by atoms with Crippen LogP contribution in [0.5, 0.6) is 0 Å². The zero-order valence-electron chi connectivity index (χ0n) is 21.5. The van der Waals surface area contributed by atoms with Gasteiger partial charge in [0.2, 0.25) is 0 Å². The second-order valence-electron chi connectivity index (χ2n) is 9.36. The van der Waals surface area contributed by atoms with Crippen LogP contribution in [0.3, 0.4) is 0 Å². The predicted molar refractivity (Wildman–Crippen MR) is 137 cm³/mol. The molecule has 3 rings (SSSR count). The normalized spacial score (nSPS) is 14.4. The SMILES string of the molecule is COC(CF)CN(CCCCc1ccc2c(n1)NCCC2)CCC(NC(=O)c1c(F)cccc1F)C(=O)O. The van der Waals surface area contributed by atoms with Crippen LogP contribution in [0.1, 0.15) is 47.3 Å². The summed E-state index contributed by atoms with van der Waals surface area (Å²) in [5.74, 6) is -3.70. The third-order valence-electron chi connectivity index (χ3n) is 6.60. The number of carboxylic acids is 1. The molecule has 2 unspecified atom stereocenters. The van der Waals surface area contributed by atoms with Crippen molar-refractivity contribution in [1.82, 2.24) is 15.2 Å². The van der Waals surface area contributed by atoms with Gasteiger partial charge in [-0.15, -0.1) is 0 Å². The zero-order chi connectivity index (χ0) is 27.5. The number of hydrogen-bond acceptors (Lipinski definition) is 6. The molecule has 1 amide bonds. The molecule has 208 valence electrons. The number of aryl methyl sites for hydroxylation is 2. The Morgan fingerprint density at radius 3 is 2.63 bits per heavy atom. The fraction of sp³-hybridized carbons (Fsp3) is 0.519. The molecule has 0 spiro atoms. The fourth-order valence-electron chi connectivity index (χ4n) is 4.43. The second kappa shape index (κ2) is 14.7. The molecule has 1 aromatic heterocycles. The molecule has 0 fully saturated rings. The number of nitrogens with zero attached hydrogens (tertiary/aromatic N) is 2. The zero-order valence-corrected chi connectivity index (χ0v) is 21.5. The quantitative estimate of drug-likeness (QED) is 0.299. The maximum absolute atomic E-state index is 14.0. The number of methoxy groups -OCH3 is 1. The van der Waals surface area contributed by atoms with Gasteiger partial charge >= 0.3 is 5.97 Å². The summed E-state index contributed by atoms with van der Waals surface area (Å²) in [5.41, 5.74) is 1.37. The van der Waals surface area contributed by atoms with Crippen molar-refractivity contribution in [2.24, 2.45) is 0 Å². The van der Waals surface area contributed by atoms with E-state index in [1.807, 2.05) is 11.0 Å². The number of ether oxygens (including phenoxy) is 1. The summed E-state index contributed by atoms with van der Waals surface area (Å²) in [7, 11) is 1.40. The average molecular weight is 537 g/mol. The highest BCUT2D eigenvalue weighted by Gasteiger charge is 2.25. The number of aliphatic carboxylic acids is 1. The van der Waals surface area contributed by atoms with Gasteiger partial charge in [0, 0.05) is 32.4 Å². The summed E-state index contributed by atoms with van der Waals surface area (Å²) in [6.07, 6.45) is 3.72. The van der Waals surface area contributed by atoms with E-state index in [0.717, 1.165) is 68.4 Å². The van der Waals surface area contributed by atoms with E-state index in [2.05, 4.69) is 16.7 Å². The van der Waals surface area contributed by atoms with Gasteiger partial charge in [-0.05, 0) is 68.8 Å². The van der Waals surface area contributed by atoms with Gasteiger partial charge < -0.3 is 25.4 Å². The maximum Gasteiger partial charge on any atom is 0.326 e. The van der Waals surface area contributed by atoms with Crippen molar-refractivity contribution < 1.29 is 32.6 Å². The predicted octanol–water partition coefficient (Wildman–Crippen LogP) is 3.60. The molecule has 1 aromatic carbocycles. The number of alkyl halides is 1. The summed E-state index contributed by atoms with van der Waals surface area (Å²) < 4.78 is 46.4. The lowest BCUT2D eigenvalue weighted by Gasteiger charge is -2.27. The highest BCUT2D eigenvalue weighted by molar-refractivity contribution is 5.97. The summed E-state index contributed by atoms with van der Waals surface area (Å²) in [6.45, 7) is 1.20. The fourth-order valence-corrected chi connectivity index (χ4v) is 4.43. The molecule has 8 nitrogen and oxygen atoms in total. The standard InChI is InChI=1S/C27H35F3N4O4/c1-38-20(16-28)17-34(14-3-2-7-19-11-10-18-6-5-13-31-25(18)32-19)15-12-23(27(36)37)33-26(35)24-21(29)8-4-9-22(24)30/h4,8-11,20,23H,2-3,5-7,12-17H2,1H3,(H,31,32)(H,33,35)(H,36,37). The van der Waals surface area contributed by atoms with E-state index >= 15 is 0 Å². The molecule has 0 bridgehead atoms. The molecule has 1 aliphatic heterocycles. The van der Waals surface area contributed by atoms with E-state index in [1.54, 1.807) is 0 Å². The van der Waals surface area contributed by atoms with E-state index in [1.165, 1.54) is 12.7 Å². The second-order valence-corrected chi connectivity index (χ2v) is 9.36. The lowest BCUT2D eigenvalue weighted by molar-refractivity contribution is -0.139. The van der Waals surface area contributed by atoms with Gasteiger partial charge in [-0.2, -0.15) is 0 Å². The number of carboxylic acid groups (broad SMARTS) is 1. The number of rotatable bonds is 15. The highest BCUT2D eigenvalue weighted by Crippen LogP contribution is 2.20. The molecule has 11 heteroatoms. The van der Waals surface area contributed by atoms with E-state index in [0.29, 0.717) is 6.54 Å². The number of carbonyl (C=O) groups is 2. The number of aromatic nitrogens is 1. The maximum atomic E-state index is 14.0. The highest BCUT2D eigenvalue weighted by atomic mass is 19.1. The summed E-state index contributed by atoms with van der Waals surface area (Å²) in [6, 6.07) is 5.72. The minimum atomic E-state index is -1.39. The number of anilines is 1. The molecule has 0 saturated carbocycles. The number of benzene rings is 1. The van der Waals surface area contributed by atoms with E-state index in [9.17, 15) is 27.9 Å². The van der Waals surface area contributed by atoms with Crippen LogP contribution in [0.2, 0.25) is 0 Å². The van der Waals surface area contributed by atoms with Crippen LogP contribution in [0, 0.1) is 11.6 Å². The molecule has 2 heterocycles. The Morgan fingerprint density at radius 2 is 1.95 bits per heavy atom. The van der Waals surface area contributed by atoms with Crippen LogP contribution in [-0.4, -0.2) is 79.0 Å². The average Bonchev–Trinajstić information content (AvgIpc) is 2.91. The number of carbonyl (C=O) groups excluding carboxylic acids is 1. The molecule has 38 heavy (non-hydrogen) atoms. The summed E-state index contributed by atoms with van der Waals surface area (Å²) in [4.78, 5) is 30.8. The lowest BCUT2D eigenvalue weighted by Crippen LogP contribution is -2.45. The number of nitrogens with one attached hydrogen (secondary N) is 2. The number of halogens is 3. The first kappa shape index (κ1) is 29.4. The van der Waals surface area contributed by atoms with Crippen LogP contribution in [0.15, 0.2) is 30.3 Å². The number of hydrogen-bond donors (Lipinski definition) is 3. The monoisotopic (exact) mass is 536 g/mol. The van der Waals surface area contributed by atoms with Crippen molar-refractivity contribution in [3.05, 3.63) is 58.8 Å². The first-order valence-corrected chi connectivity index (χ1v) is 12.8. The van der Waals surface area contributed by atoms with Crippen molar-refractivity contribution in [3.8, 4) is 0 Å². The van der Waals surface area contributed by atoms with Crippen molar-refractivity contribution in [2.45, 2.75) is 50.7 Å². The van der Waals surface area contributed by atoms with Crippen LogP contribution < -0.4 is 10.6 Å². The number of unbranched alkanes of at least 4 members (excludes halogenated alkanes) is 1. The molecular formula is C27H35F3N4O4. The molecule has 2 atom stereocenters. The van der Waals surface area contributed by atoms with Crippen LogP contribution in [0.25, 0.3) is 0 Å². The Hall–Kier alpha value is -3.18. The number of fused-ring (bicyclic) bond motifs is 1. The van der Waals surface area contributed by atoms with Crippen LogP contribution in [-0.2, 0) is 22.4 Å². The third kappa shape index (κ3) is 8.42. The van der Waals surface area contributed by atoms with Crippen molar-refractivity contribution >= 4 is 17.7 Å². The van der Waals surface area contributed by atoms with Gasteiger partial charge in [-0.3, -0.25) is 4.79 Å².